The second-order valence-corrected chi connectivity index (χ2v) is 5.14. The van der Waals surface area contributed by atoms with Crippen molar-refractivity contribution in [3.05, 3.63) is 29.6 Å². The Morgan fingerprint density at radius 1 is 1.29 bits per heavy atom. The van der Waals surface area contributed by atoms with Crippen molar-refractivity contribution in [1.82, 2.24) is 10.3 Å². The summed E-state index contributed by atoms with van der Waals surface area (Å²) < 4.78 is 0. The van der Waals surface area contributed by atoms with Crippen LogP contribution in [0.5, 0.6) is 0 Å². The Morgan fingerprint density at radius 3 is 2.43 bits per heavy atom. The summed E-state index contributed by atoms with van der Waals surface area (Å²) in [6.45, 7) is 4.08. The maximum absolute atomic E-state index is 12.0. The lowest BCUT2D eigenvalue weighted by Gasteiger charge is -2.27. The molecule has 1 aromatic heterocycles. The first-order chi connectivity index (χ1) is 9.91. The van der Waals surface area contributed by atoms with Gasteiger partial charge in [-0.25, -0.2) is 4.79 Å². The maximum atomic E-state index is 12.0. The van der Waals surface area contributed by atoms with Gasteiger partial charge >= 0.3 is 5.97 Å². The zero-order valence-corrected chi connectivity index (χ0v) is 12.4. The predicted molar refractivity (Wildman–Crippen MR) is 78.3 cm³/mol. The highest BCUT2D eigenvalue weighted by Gasteiger charge is 2.25. The fourth-order valence-corrected chi connectivity index (χ4v) is 2.26. The maximum Gasteiger partial charge on any atom is 0.335 e. The van der Waals surface area contributed by atoms with Crippen LogP contribution in [0.25, 0.3) is 0 Å². The fourth-order valence-electron chi connectivity index (χ4n) is 2.26. The fraction of sp³-hybridized carbons (Fsp3) is 0.533. The number of carbonyl (C=O) groups excluding carboxylic acids is 1. The van der Waals surface area contributed by atoms with Gasteiger partial charge in [0.05, 0.1) is 11.2 Å². The van der Waals surface area contributed by atoms with Crippen LogP contribution in [0.4, 0.5) is 0 Å². The van der Waals surface area contributed by atoms with E-state index >= 15 is 0 Å². The van der Waals surface area contributed by atoms with Gasteiger partial charge in [0.15, 0.2) is 0 Å². The number of aliphatic hydroxyl groups is 1. The smallest absolute Gasteiger partial charge is 0.335 e. The Morgan fingerprint density at radius 2 is 1.90 bits per heavy atom. The van der Waals surface area contributed by atoms with Crippen molar-refractivity contribution in [2.45, 2.75) is 45.1 Å². The Kier molecular flexibility index (Phi) is 6.30. The van der Waals surface area contributed by atoms with Crippen LogP contribution < -0.4 is 5.32 Å². The summed E-state index contributed by atoms with van der Waals surface area (Å²) in [5.41, 5.74) is -0.887. The molecule has 3 N–H and O–H groups in total. The van der Waals surface area contributed by atoms with Crippen molar-refractivity contribution in [2.75, 3.05) is 6.54 Å². The van der Waals surface area contributed by atoms with E-state index in [1.54, 1.807) is 0 Å². The number of amides is 1. The van der Waals surface area contributed by atoms with Gasteiger partial charge in [0.25, 0.3) is 5.91 Å². The van der Waals surface area contributed by atoms with Crippen LogP contribution in [-0.2, 0) is 0 Å². The van der Waals surface area contributed by atoms with E-state index in [-0.39, 0.29) is 17.8 Å². The van der Waals surface area contributed by atoms with Crippen molar-refractivity contribution < 1.29 is 19.8 Å². The first-order valence-electron chi connectivity index (χ1n) is 7.12. The molecule has 1 amide bonds. The highest BCUT2D eigenvalue weighted by Crippen LogP contribution is 2.18. The van der Waals surface area contributed by atoms with E-state index in [0.717, 1.165) is 12.8 Å². The summed E-state index contributed by atoms with van der Waals surface area (Å²) in [5, 5.41) is 21.9. The molecule has 1 heterocycles. The van der Waals surface area contributed by atoms with Gasteiger partial charge in [-0.1, -0.05) is 26.7 Å². The van der Waals surface area contributed by atoms with E-state index in [0.29, 0.717) is 12.8 Å². The van der Waals surface area contributed by atoms with E-state index in [4.69, 9.17) is 5.11 Å². The van der Waals surface area contributed by atoms with Gasteiger partial charge in [-0.05, 0) is 25.0 Å². The van der Waals surface area contributed by atoms with Crippen LogP contribution in [0.1, 0.15) is 60.4 Å². The van der Waals surface area contributed by atoms with Gasteiger partial charge in [0.1, 0.15) is 5.69 Å². The van der Waals surface area contributed by atoms with Gasteiger partial charge < -0.3 is 15.5 Å². The van der Waals surface area contributed by atoms with Crippen LogP contribution in [0, 0.1) is 0 Å². The minimum Gasteiger partial charge on any atom is -0.478 e. The molecule has 1 rings (SSSR count). The molecular formula is C15H22N2O4. The summed E-state index contributed by atoms with van der Waals surface area (Å²) in [6.07, 6.45) is 4.12. The third-order valence-electron chi connectivity index (χ3n) is 3.25. The largest absolute Gasteiger partial charge is 0.478 e. The van der Waals surface area contributed by atoms with E-state index in [2.05, 4.69) is 10.3 Å². The molecule has 0 aromatic carbocycles. The SMILES string of the molecule is CCCC(O)(CCC)CNC(=O)c1cc(C(=O)O)ccn1. The predicted octanol–water partition coefficient (Wildman–Crippen LogP) is 1.84. The van der Waals surface area contributed by atoms with Crippen molar-refractivity contribution >= 4 is 11.9 Å². The topological polar surface area (TPSA) is 99.5 Å². The minimum atomic E-state index is -1.11. The quantitative estimate of drug-likeness (QED) is 0.679. The summed E-state index contributed by atoms with van der Waals surface area (Å²) in [7, 11) is 0. The lowest BCUT2D eigenvalue weighted by Crippen LogP contribution is -2.43. The van der Waals surface area contributed by atoms with Crippen LogP contribution >= 0.6 is 0 Å². The van der Waals surface area contributed by atoms with Crippen molar-refractivity contribution in [1.29, 1.82) is 0 Å². The second kappa shape index (κ2) is 7.73. The van der Waals surface area contributed by atoms with Crippen molar-refractivity contribution in [2.24, 2.45) is 0 Å². The zero-order valence-electron chi connectivity index (χ0n) is 12.4. The molecule has 0 saturated heterocycles. The number of pyridine rings is 1. The first-order valence-corrected chi connectivity index (χ1v) is 7.12. The van der Waals surface area contributed by atoms with Gasteiger partial charge in [-0.3, -0.25) is 9.78 Å². The molecule has 0 atom stereocenters. The van der Waals surface area contributed by atoms with E-state index in [9.17, 15) is 14.7 Å². The number of aromatic nitrogens is 1. The van der Waals surface area contributed by atoms with Gasteiger partial charge in [-0.15, -0.1) is 0 Å². The van der Waals surface area contributed by atoms with Crippen LogP contribution in [0.3, 0.4) is 0 Å². The molecule has 0 radical (unpaired) electrons. The molecule has 0 bridgehead atoms. The number of aromatic carboxylic acids is 1. The molecule has 0 spiro atoms. The molecule has 0 unspecified atom stereocenters. The van der Waals surface area contributed by atoms with Crippen LogP contribution in [-0.4, -0.2) is 39.2 Å². The van der Waals surface area contributed by atoms with Crippen molar-refractivity contribution in [3.8, 4) is 0 Å². The van der Waals surface area contributed by atoms with Gasteiger partial charge in [-0.2, -0.15) is 0 Å². The average Bonchev–Trinajstić information content (AvgIpc) is 2.45. The summed E-state index contributed by atoms with van der Waals surface area (Å²) >= 11 is 0. The molecule has 0 saturated carbocycles. The number of nitrogens with zero attached hydrogens (tertiary/aromatic N) is 1. The molecule has 1 aromatic rings. The standard InChI is InChI=1S/C15H22N2O4/c1-3-6-15(21,7-4-2)10-17-13(18)12-9-11(14(19)20)5-8-16-12/h5,8-9,21H,3-4,6-7,10H2,1-2H3,(H,17,18)(H,19,20). The molecule has 0 fully saturated rings. The molecule has 0 aliphatic heterocycles. The molecule has 6 nitrogen and oxygen atoms in total. The first kappa shape index (κ1) is 17.1. The van der Waals surface area contributed by atoms with Gasteiger partial charge in [0.2, 0.25) is 0 Å². The average molecular weight is 294 g/mol. The van der Waals surface area contributed by atoms with Crippen LogP contribution in [0.2, 0.25) is 0 Å². The van der Waals surface area contributed by atoms with Crippen LogP contribution in [0.15, 0.2) is 18.3 Å². The van der Waals surface area contributed by atoms with E-state index in [1.807, 2.05) is 13.8 Å². The monoisotopic (exact) mass is 294 g/mol. The summed E-state index contributed by atoms with van der Waals surface area (Å²) in [4.78, 5) is 26.7. The molecule has 6 heteroatoms. The van der Waals surface area contributed by atoms with E-state index in [1.165, 1.54) is 18.3 Å². The number of carbonyl (C=O) groups is 2. The highest BCUT2D eigenvalue weighted by molar-refractivity contribution is 5.95. The summed E-state index contributed by atoms with van der Waals surface area (Å²) in [5.74, 6) is -1.59. The number of nitrogens with one attached hydrogen (secondary N) is 1. The Labute approximate surface area is 124 Å². The summed E-state index contributed by atoms with van der Waals surface area (Å²) in [6, 6.07) is 2.54. The Hall–Kier alpha value is -1.95. The number of hydrogen-bond donors (Lipinski definition) is 3. The lowest BCUT2D eigenvalue weighted by atomic mass is 9.92. The van der Waals surface area contributed by atoms with Gasteiger partial charge in [0, 0.05) is 12.7 Å². The molecule has 21 heavy (non-hydrogen) atoms. The van der Waals surface area contributed by atoms with E-state index < -0.39 is 17.5 Å². The number of rotatable bonds is 8. The Bertz CT molecular complexity index is 496. The zero-order chi connectivity index (χ0) is 15.9. The number of carboxylic acid groups (broad SMARTS) is 1. The second-order valence-electron chi connectivity index (χ2n) is 5.14. The molecular weight excluding hydrogens is 272 g/mol. The third-order valence-corrected chi connectivity index (χ3v) is 3.25. The lowest BCUT2D eigenvalue weighted by molar-refractivity contribution is 0.0212. The third kappa shape index (κ3) is 5.15. The molecule has 0 aliphatic carbocycles. The van der Waals surface area contributed by atoms with Crippen molar-refractivity contribution in [3.63, 3.8) is 0 Å². The minimum absolute atomic E-state index is 0.00697. The molecule has 116 valence electrons. The number of hydrogen-bond acceptors (Lipinski definition) is 4. The number of carboxylic acids is 1. The highest BCUT2D eigenvalue weighted by atomic mass is 16.4. The Balaban J connectivity index is 2.72. The molecule has 0 aliphatic rings. The normalized spacial score (nSPS) is 11.2.